The number of amides is 1. The normalized spacial score (nSPS) is 30.1. The monoisotopic (exact) mass is 434 g/mol. The van der Waals surface area contributed by atoms with E-state index >= 15 is 0 Å². The maximum absolute atomic E-state index is 12.9. The number of pyridine rings is 1. The number of aromatic nitrogens is 1. The van der Waals surface area contributed by atoms with Gasteiger partial charge in [0, 0.05) is 57.6 Å². The van der Waals surface area contributed by atoms with Crippen LogP contribution in [0.25, 0.3) is 0 Å². The van der Waals surface area contributed by atoms with Crippen molar-refractivity contribution in [3.05, 3.63) is 41.9 Å². The quantitative estimate of drug-likeness (QED) is 0.649. The fourth-order valence-electron chi connectivity index (χ4n) is 5.53. The zero-order valence-corrected chi connectivity index (χ0v) is 18.6. The number of rotatable bonds is 4. The van der Waals surface area contributed by atoms with E-state index in [4.69, 9.17) is 4.99 Å². The van der Waals surface area contributed by atoms with E-state index in [2.05, 4.69) is 36.8 Å². The molecule has 1 saturated heterocycles. The molecule has 6 aliphatic rings. The highest BCUT2D eigenvalue weighted by molar-refractivity contribution is 5.97. The van der Waals surface area contributed by atoms with Gasteiger partial charge in [-0.2, -0.15) is 0 Å². The van der Waals surface area contributed by atoms with Gasteiger partial charge in [0.15, 0.2) is 6.17 Å². The fourth-order valence-corrected chi connectivity index (χ4v) is 5.53. The molecule has 7 rings (SSSR count). The van der Waals surface area contributed by atoms with Gasteiger partial charge in [0.05, 0.1) is 11.9 Å². The minimum Gasteiger partial charge on any atom is -0.354 e. The summed E-state index contributed by atoms with van der Waals surface area (Å²) >= 11 is 0. The Hall–Kier alpha value is -3.07. The molecule has 3 aliphatic carbocycles. The Morgan fingerprint density at radius 1 is 1.22 bits per heavy atom. The summed E-state index contributed by atoms with van der Waals surface area (Å²) in [5.41, 5.74) is 2.79. The lowest BCUT2D eigenvalue weighted by Gasteiger charge is -2.67. The predicted octanol–water partition coefficient (Wildman–Crippen LogP) is 0.913. The van der Waals surface area contributed by atoms with Crippen molar-refractivity contribution in [2.75, 3.05) is 50.5 Å². The van der Waals surface area contributed by atoms with E-state index in [9.17, 15) is 4.79 Å². The first kappa shape index (κ1) is 19.6. The number of hydrogen-bond donors (Lipinski definition) is 3. The maximum atomic E-state index is 12.9. The molecule has 0 radical (unpaired) electrons. The van der Waals surface area contributed by atoms with E-state index < -0.39 is 0 Å². The van der Waals surface area contributed by atoms with Crippen molar-refractivity contribution in [1.29, 1.82) is 0 Å². The molecule has 1 aromatic heterocycles. The van der Waals surface area contributed by atoms with Gasteiger partial charge in [0.1, 0.15) is 11.5 Å². The second-order valence-electron chi connectivity index (χ2n) is 9.71. The van der Waals surface area contributed by atoms with Crippen LogP contribution >= 0.6 is 0 Å². The van der Waals surface area contributed by atoms with Crippen molar-refractivity contribution < 1.29 is 4.79 Å². The number of carbonyl (C=O) groups excluding carboxylic acids is 1. The summed E-state index contributed by atoms with van der Waals surface area (Å²) in [5.74, 6) is 2.54. The molecule has 4 heterocycles. The molecule has 0 spiro atoms. The van der Waals surface area contributed by atoms with Gasteiger partial charge < -0.3 is 30.7 Å². The molecule has 3 saturated carbocycles. The van der Waals surface area contributed by atoms with Crippen LogP contribution in [0, 0.1) is 5.92 Å². The van der Waals surface area contributed by atoms with Crippen LogP contribution in [0.2, 0.25) is 0 Å². The van der Waals surface area contributed by atoms with Gasteiger partial charge in [-0.3, -0.25) is 4.79 Å². The molecule has 9 heteroatoms. The predicted molar refractivity (Wildman–Crippen MR) is 124 cm³/mol. The molecule has 9 nitrogen and oxygen atoms in total. The van der Waals surface area contributed by atoms with E-state index in [0.717, 1.165) is 74.1 Å². The lowest BCUT2D eigenvalue weighted by molar-refractivity contribution is -0.148. The van der Waals surface area contributed by atoms with Crippen LogP contribution in [0.5, 0.6) is 0 Å². The highest BCUT2D eigenvalue weighted by Gasteiger charge is 2.63. The summed E-state index contributed by atoms with van der Waals surface area (Å²) in [6.45, 7) is 3.93. The van der Waals surface area contributed by atoms with Gasteiger partial charge in [0.2, 0.25) is 5.96 Å². The number of anilines is 2. The molecule has 3 aliphatic heterocycles. The Morgan fingerprint density at radius 2 is 2.00 bits per heavy atom. The zero-order chi connectivity index (χ0) is 21.9. The van der Waals surface area contributed by atoms with Crippen molar-refractivity contribution in [2.24, 2.45) is 10.9 Å². The second-order valence-corrected chi connectivity index (χ2v) is 9.71. The van der Waals surface area contributed by atoms with Gasteiger partial charge >= 0.3 is 0 Å². The molecule has 1 unspecified atom stereocenters. The topological polar surface area (TPSA) is 88.1 Å². The smallest absolute Gasteiger partial charge is 0.269 e. The summed E-state index contributed by atoms with van der Waals surface area (Å²) in [6.07, 6.45) is 9.16. The van der Waals surface area contributed by atoms with Crippen molar-refractivity contribution >= 4 is 23.4 Å². The minimum atomic E-state index is -0.160. The number of nitrogens with one attached hydrogen (secondary N) is 3. The van der Waals surface area contributed by atoms with E-state index in [-0.39, 0.29) is 17.6 Å². The highest BCUT2D eigenvalue weighted by atomic mass is 16.2. The first-order chi connectivity index (χ1) is 15.5. The third kappa shape index (κ3) is 3.06. The highest BCUT2D eigenvalue weighted by Crippen LogP contribution is 2.63. The lowest BCUT2D eigenvalue weighted by Crippen LogP contribution is -2.69. The number of hydrogen-bond acceptors (Lipinski definition) is 8. The van der Waals surface area contributed by atoms with Crippen molar-refractivity contribution in [3.8, 4) is 0 Å². The molecule has 3 N–H and O–H groups in total. The molecule has 32 heavy (non-hydrogen) atoms. The Kier molecular flexibility index (Phi) is 4.43. The fraction of sp³-hybridized carbons (Fsp3) is 0.522. The van der Waals surface area contributed by atoms with Crippen LogP contribution in [0.4, 0.5) is 11.5 Å². The molecular weight excluding hydrogens is 404 g/mol. The summed E-state index contributed by atoms with van der Waals surface area (Å²) in [5, 5.41) is 9.99. The molecular formula is C23H30N8O. The summed E-state index contributed by atoms with van der Waals surface area (Å²) < 4.78 is 0. The molecule has 0 aromatic carbocycles. The number of carbonyl (C=O) groups is 1. The second kappa shape index (κ2) is 7.23. The van der Waals surface area contributed by atoms with Crippen LogP contribution in [-0.2, 0) is 4.79 Å². The number of aliphatic imine (C=N–C) groups is 1. The van der Waals surface area contributed by atoms with Crippen LogP contribution < -0.4 is 20.9 Å². The van der Waals surface area contributed by atoms with E-state index in [1.54, 1.807) is 4.90 Å². The van der Waals surface area contributed by atoms with Gasteiger partial charge in [-0.15, -0.1) is 0 Å². The first-order valence-electron chi connectivity index (χ1n) is 11.5. The van der Waals surface area contributed by atoms with Crippen LogP contribution in [0.15, 0.2) is 46.9 Å². The van der Waals surface area contributed by atoms with Crippen molar-refractivity contribution in [1.82, 2.24) is 25.4 Å². The van der Waals surface area contributed by atoms with E-state index in [1.807, 2.05) is 38.6 Å². The Morgan fingerprint density at radius 3 is 2.62 bits per heavy atom. The zero-order valence-electron chi connectivity index (χ0n) is 18.6. The standard InChI is InChI=1S/C23H30N8O/c1-29(2)21(32)18-9-16-13-26-22(28-20(16)31(18)23-10-15(11-23)12-23)27-17-3-4-19(25-14-17)30-7-5-24-6-8-30/h3-4,9,13-15,20,24H,5-8,10-12H2,1-2H3,(H2,26,27,28). The first-order valence-corrected chi connectivity index (χ1v) is 11.5. The minimum absolute atomic E-state index is 0.0439. The van der Waals surface area contributed by atoms with Crippen LogP contribution in [-0.4, -0.2) is 78.6 Å². The Balaban J connectivity index is 1.21. The lowest BCUT2D eigenvalue weighted by atomic mass is 9.49. The molecule has 1 amide bonds. The third-order valence-corrected chi connectivity index (χ3v) is 7.33. The Labute approximate surface area is 188 Å². The van der Waals surface area contributed by atoms with E-state index in [0.29, 0.717) is 5.96 Å². The number of fused-ring (bicyclic) bond motifs is 1. The van der Waals surface area contributed by atoms with Gasteiger partial charge in [0.25, 0.3) is 5.91 Å². The summed E-state index contributed by atoms with van der Waals surface area (Å²) in [6, 6.07) is 4.10. The summed E-state index contributed by atoms with van der Waals surface area (Å²) in [4.78, 5) is 28.8. The molecule has 4 fully saturated rings. The average molecular weight is 435 g/mol. The number of guanidine groups is 1. The van der Waals surface area contributed by atoms with Crippen LogP contribution in [0.1, 0.15) is 19.3 Å². The van der Waals surface area contributed by atoms with Gasteiger partial charge in [-0.1, -0.05) is 0 Å². The van der Waals surface area contributed by atoms with Crippen LogP contribution in [0.3, 0.4) is 0 Å². The van der Waals surface area contributed by atoms with Gasteiger partial charge in [-0.25, -0.2) is 9.98 Å². The summed E-state index contributed by atoms with van der Waals surface area (Å²) in [7, 11) is 3.62. The number of likely N-dealkylation sites (N-methyl/N-ethyl adjacent to an activating group) is 1. The molecule has 1 aromatic rings. The number of nitrogens with zero attached hydrogens (tertiary/aromatic N) is 5. The third-order valence-electron chi connectivity index (χ3n) is 7.33. The molecule has 168 valence electrons. The van der Waals surface area contributed by atoms with Crippen molar-refractivity contribution in [3.63, 3.8) is 0 Å². The average Bonchev–Trinajstić information content (AvgIpc) is 3.11. The largest absolute Gasteiger partial charge is 0.354 e. The SMILES string of the molecule is CN(C)C(=O)C1=CC2=CNC(Nc3ccc(N4CCNCC4)nc3)=NC2N1C12CC(C1)C2. The molecule has 1 atom stereocenters. The van der Waals surface area contributed by atoms with Gasteiger partial charge in [-0.05, 0) is 43.4 Å². The van der Waals surface area contributed by atoms with Crippen molar-refractivity contribution in [2.45, 2.75) is 31.0 Å². The molecule has 2 bridgehead atoms. The maximum Gasteiger partial charge on any atom is 0.269 e. The Bertz CT molecular complexity index is 1000. The number of piperazine rings is 1. The van der Waals surface area contributed by atoms with E-state index in [1.165, 1.54) is 0 Å².